The molecule has 0 saturated carbocycles. The van der Waals surface area contributed by atoms with Crippen molar-refractivity contribution in [2.75, 3.05) is 20.1 Å². The number of nitrogens with one attached hydrogen (secondary N) is 1. The predicted molar refractivity (Wildman–Crippen MR) is 53.5 cm³/mol. The summed E-state index contributed by atoms with van der Waals surface area (Å²) in [6.45, 7) is 3.78. The average Bonchev–Trinajstić information content (AvgIpc) is 2.48. The first-order valence-corrected chi connectivity index (χ1v) is 4.85. The second kappa shape index (κ2) is 5.02. The van der Waals surface area contributed by atoms with E-state index < -0.39 is 0 Å². The zero-order valence-electron chi connectivity index (χ0n) is 8.42. The first-order valence-electron chi connectivity index (χ1n) is 4.85. The highest BCUT2D eigenvalue weighted by molar-refractivity contribution is 5.87. The van der Waals surface area contributed by atoms with Crippen molar-refractivity contribution in [3.05, 3.63) is 12.2 Å². The molecular weight excluding hydrogens is 164 g/mol. The number of rotatable bonds is 3. The van der Waals surface area contributed by atoms with Gasteiger partial charge in [-0.05, 0) is 39.4 Å². The molecule has 0 bridgehead atoms. The summed E-state index contributed by atoms with van der Waals surface area (Å²) in [5, 5.41) is 2.89. The van der Waals surface area contributed by atoms with E-state index in [-0.39, 0.29) is 5.91 Å². The molecule has 1 N–H and O–H groups in total. The van der Waals surface area contributed by atoms with Crippen molar-refractivity contribution in [2.24, 2.45) is 0 Å². The number of likely N-dealkylation sites (tertiary alicyclic amines) is 1. The van der Waals surface area contributed by atoms with Gasteiger partial charge >= 0.3 is 0 Å². The van der Waals surface area contributed by atoms with Crippen LogP contribution in [0.2, 0.25) is 0 Å². The van der Waals surface area contributed by atoms with E-state index in [1.165, 1.54) is 12.8 Å². The lowest BCUT2D eigenvalue weighted by Gasteiger charge is -2.18. The zero-order chi connectivity index (χ0) is 9.68. The Bertz CT molecular complexity index is 201. The Balaban J connectivity index is 2.22. The van der Waals surface area contributed by atoms with Crippen LogP contribution in [0.5, 0.6) is 0 Å². The summed E-state index contributed by atoms with van der Waals surface area (Å²) in [6.07, 6.45) is 5.77. The average molecular weight is 182 g/mol. The Morgan fingerprint density at radius 3 is 3.00 bits per heavy atom. The van der Waals surface area contributed by atoms with Crippen LogP contribution in [0.25, 0.3) is 0 Å². The molecule has 0 aromatic rings. The normalized spacial score (nSPS) is 24.0. The summed E-state index contributed by atoms with van der Waals surface area (Å²) in [5.74, 6) is 0.0165. The van der Waals surface area contributed by atoms with Crippen molar-refractivity contribution < 1.29 is 4.79 Å². The van der Waals surface area contributed by atoms with Gasteiger partial charge in [0.05, 0.1) is 0 Å². The van der Waals surface area contributed by atoms with Crippen molar-refractivity contribution in [2.45, 2.75) is 25.8 Å². The van der Waals surface area contributed by atoms with Gasteiger partial charge in [-0.25, -0.2) is 0 Å². The van der Waals surface area contributed by atoms with Crippen LogP contribution >= 0.6 is 0 Å². The van der Waals surface area contributed by atoms with Crippen LogP contribution < -0.4 is 5.32 Å². The molecule has 1 unspecified atom stereocenters. The lowest BCUT2D eigenvalue weighted by Crippen LogP contribution is -2.37. The molecule has 0 spiro atoms. The Labute approximate surface area is 79.8 Å². The standard InChI is InChI=1S/C10H18N2O/c1-3-5-10(13)11-8-9-6-4-7-12(9)2/h3,5,9H,4,6-8H2,1-2H3,(H,11,13)/b5-3+. The largest absolute Gasteiger partial charge is 0.351 e. The molecule has 0 aliphatic carbocycles. The highest BCUT2D eigenvalue weighted by Gasteiger charge is 2.20. The van der Waals surface area contributed by atoms with Crippen LogP contribution in [-0.4, -0.2) is 37.0 Å². The number of amides is 1. The van der Waals surface area contributed by atoms with E-state index in [4.69, 9.17) is 0 Å². The lowest BCUT2D eigenvalue weighted by atomic mass is 10.2. The summed E-state index contributed by atoms with van der Waals surface area (Å²) < 4.78 is 0. The van der Waals surface area contributed by atoms with Gasteiger partial charge in [-0.15, -0.1) is 0 Å². The summed E-state index contributed by atoms with van der Waals surface area (Å²) in [7, 11) is 2.11. The molecule has 1 atom stereocenters. The van der Waals surface area contributed by atoms with Crippen molar-refractivity contribution >= 4 is 5.91 Å². The first kappa shape index (κ1) is 10.3. The van der Waals surface area contributed by atoms with Crippen LogP contribution in [0, 0.1) is 0 Å². The maximum absolute atomic E-state index is 11.1. The molecule has 1 fully saturated rings. The molecule has 0 radical (unpaired) electrons. The predicted octanol–water partition coefficient (Wildman–Crippen LogP) is 0.773. The van der Waals surface area contributed by atoms with Crippen LogP contribution in [0.3, 0.4) is 0 Å². The van der Waals surface area contributed by atoms with Crippen molar-refractivity contribution in [3.63, 3.8) is 0 Å². The minimum absolute atomic E-state index is 0.0165. The van der Waals surface area contributed by atoms with Gasteiger partial charge in [0.1, 0.15) is 0 Å². The molecule has 1 aliphatic heterocycles. The molecule has 13 heavy (non-hydrogen) atoms. The third kappa shape index (κ3) is 3.19. The van der Waals surface area contributed by atoms with Crippen LogP contribution in [0.4, 0.5) is 0 Å². The second-order valence-corrected chi connectivity index (χ2v) is 3.52. The molecule has 1 amide bonds. The Morgan fingerprint density at radius 1 is 1.69 bits per heavy atom. The van der Waals surface area contributed by atoms with E-state index in [0.29, 0.717) is 6.04 Å². The summed E-state index contributed by atoms with van der Waals surface area (Å²) in [5.41, 5.74) is 0. The molecule has 1 aliphatic rings. The van der Waals surface area contributed by atoms with Crippen molar-refractivity contribution in [3.8, 4) is 0 Å². The monoisotopic (exact) mass is 182 g/mol. The van der Waals surface area contributed by atoms with Crippen molar-refractivity contribution in [1.29, 1.82) is 0 Å². The number of nitrogens with zero attached hydrogens (tertiary/aromatic N) is 1. The van der Waals surface area contributed by atoms with E-state index in [2.05, 4.69) is 17.3 Å². The van der Waals surface area contributed by atoms with Gasteiger partial charge in [-0.2, -0.15) is 0 Å². The van der Waals surface area contributed by atoms with Gasteiger partial charge in [0.25, 0.3) is 0 Å². The topological polar surface area (TPSA) is 32.3 Å². The lowest BCUT2D eigenvalue weighted by molar-refractivity contribution is -0.116. The number of likely N-dealkylation sites (N-methyl/N-ethyl adjacent to an activating group) is 1. The maximum atomic E-state index is 11.1. The third-order valence-electron chi connectivity index (χ3n) is 2.50. The quantitative estimate of drug-likeness (QED) is 0.654. The zero-order valence-corrected chi connectivity index (χ0v) is 8.42. The Kier molecular flexibility index (Phi) is 3.96. The molecule has 1 rings (SSSR count). The molecular formula is C10H18N2O. The SMILES string of the molecule is C/C=C/C(=O)NCC1CCCN1C. The molecule has 3 nitrogen and oxygen atoms in total. The maximum Gasteiger partial charge on any atom is 0.243 e. The molecule has 74 valence electrons. The van der Waals surface area contributed by atoms with Gasteiger partial charge < -0.3 is 10.2 Å². The van der Waals surface area contributed by atoms with E-state index in [9.17, 15) is 4.79 Å². The van der Waals surface area contributed by atoms with Crippen molar-refractivity contribution in [1.82, 2.24) is 10.2 Å². The molecule has 1 saturated heterocycles. The van der Waals surface area contributed by atoms with E-state index >= 15 is 0 Å². The molecule has 0 aromatic heterocycles. The van der Waals surface area contributed by atoms with Gasteiger partial charge in [-0.3, -0.25) is 4.79 Å². The van der Waals surface area contributed by atoms with E-state index in [0.717, 1.165) is 13.1 Å². The van der Waals surface area contributed by atoms with Gasteiger partial charge in [-0.1, -0.05) is 6.08 Å². The molecule has 3 heteroatoms. The second-order valence-electron chi connectivity index (χ2n) is 3.52. The van der Waals surface area contributed by atoms with E-state index in [1.54, 1.807) is 12.2 Å². The Hall–Kier alpha value is -0.830. The molecule has 0 aromatic carbocycles. The van der Waals surface area contributed by atoms with Crippen LogP contribution in [0.1, 0.15) is 19.8 Å². The fraction of sp³-hybridized carbons (Fsp3) is 0.700. The fourth-order valence-corrected chi connectivity index (χ4v) is 1.67. The Morgan fingerprint density at radius 2 is 2.46 bits per heavy atom. The van der Waals surface area contributed by atoms with Gasteiger partial charge in [0.2, 0.25) is 5.91 Å². The number of hydrogen-bond acceptors (Lipinski definition) is 2. The summed E-state index contributed by atoms with van der Waals surface area (Å²) in [6, 6.07) is 0.536. The first-order chi connectivity index (χ1) is 6.24. The highest BCUT2D eigenvalue weighted by Crippen LogP contribution is 2.13. The number of hydrogen-bond donors (Lipinski definition) is 1. The van der Waals surface area contributed by atoms with E-state index in [1.807, 2.05) is 6.92 Å². The molecule has 1 heterocycles. The fourth-order valence-electron chi connectivity index (χ4n) is 1.67. The number of allylic oxidation sites excluding steroid dienone is 1. The highest BCUT2D eigenvalue weighted by atomic mass is 16.1. The number of carbonyl (C=O) groups excluding carboxylic acids is 1. The smallest absolute Gasteiger partial charge is 0.243 e. The van der Waals surface area contributed by atoms with Crippen LogP contribution in [0.15, 0.2) is 12.2 Å². The third-order valence-corrected chi connectivity index (χ3v) is 2.50. The van der Waals surface area contributed by atoms with Gasteiger partial charge in [0, 0.05) is 12.6 Å². The minimum atomic E-state index is 0.0165. The van der Waals surface area contributed by atoms with Gasteiger partial charge in [0.15, 0.2) is 0 Å². The minimum Gasteiger partial charge on any atom is -0.351 e. The number of carbonyl (C=O) groups is 1. The van der Waals surface area contributed by atoms with Crippen LogP contribution in [-0.2, 0) is 4.79 Å². The summed E-state index contributed by atoms with van der Waals surface area (Å²) in [4.78, 5) is 13.4. The summed E-state index contributed by atoms with van der Waals surface area (Å²) >= 11 is 0.